The largest absolute Gasteiger partial charge is 0.481 e. The highest BCUT2D eigenvalue weighted by Crippen LogP contribution is 2.19. The molecule has 1 N–H and O–H groups in total. The van der Waals surface area contributed by atoms with E-state index in [4.69, 9.17) is 4.74 Å². The van der Waals surface area contributed by atoms with Crippen LogP contribution >= 0.6 is 0 Å². The quantitative estimate of drug-likeness (QED) is 0.942. The van der Waals surface area contributed by atoms with Crippen molar-refractivity contribution < 1.29 is 13.9 Å². The average molecular weight is 291 g/mol. The van der Waals surface area contributed by atoms with Gasteiger partial charge in [0, 0.05) is 13.1 Å². The molecule has 1 atom stereocenters. The van der Waals surface area contributed by atoms with E-state index in [2.05, 4.69) is 10.4 Å². The molecule has 5 nitrogen and oxygen atoms in total. The van der Waals surface area contributed by atoms with Crippen LogP contribution < -0.4 is 10.1 Å². The standard InChI is InChI=1S/C15H18FN3O2/c1-9-14(10(2)19(4)18-9)17-15(20)11(3)21-13-7-5-6-12(16)8-13/h5-8,11H,1-4H3,(H,17,20)/t11-/m1/s1. The van der Waals surface area contributed by atoms with Crippen LogP contribution in [-0.2, 0) is 11.8 Å². The Morgan fingerprint density at radius 2 is 2.14 bits per heavy atom. The number of aryl methyl sites for hydroxylation is 2. The summed E-state index contributed by atoms with van der Waals surface area (Å²) in [7, 11) is 1.81. The number of anilines is 1. The van der Waals surface area contributed by atoms with Crippen LogP contribution in [0.2, 0.25) is 0 Å². The van der Waals surface area contributed by atoms with E-state index in [0.717, 1.165) is 11.4 Å². The van der Waals surface area contributed by atoms with E-state index in [9.17, 15) is 9.18 Å². The van der Waals surface area contributed by atoms with Crippen LogP contribution in [0.25, 0.3) is 0 Å². The molecule has 1 amide bonds. The summed E-state index contributed by atoms with van der Waals surface area (Å²) in [5, 5.41) is 7.02. The molecule has 0 saturated carbocycles. The van der Waals surface area contributed by atoms with Gasteiger partial charge in [-0.1, -0.05) is 6.07 Å². The fourth-order valence-corrected chi connectivity index (χ4v) is 1.98. The van der Waals surface area contributed by atoms with Gasteiger partial charge in [-0.25, -0.2) is 4.39 Å². The summed E-state index contributed by atoms with van der Waals surface area (Å²) in [5.74, 6) is -0.394. The zero-order chi connectivity index (χ0) is 15.6. The Morgan fingerprint density at radius 3 is 2.71 bits per heavy atom. The number of rotatable bonds is 4. The third kappa shape index (κ3) is 3.39. The van der Waals surface area contributed by atoms with Gasteiger partial charge in [-0.15, -0.1) is 0 Å². The summed E-state index contributed by atoms with van der Waals surface area (Å²) in [5.41, 5.74) is 2.28. The Kier molecular flexibility index (Phi) is 4.26. The molecule has 0 bridgehead atoms. The molecule has 0 aliphatic rings. The average Bonchev–Trinajstić information content (AvgIpc) is 2.65. The van der Waals surface area contributed by atoms with Crippen LogP contribution in [0.5, 0.6) is 5.75 Å². The van der Waals surface area contributed by atoms with Gasteiger partial charge in [0.25, 0.3) is 5.91 Å². The summed E-state index contributed by atoms with van der Waals surface area (Å²) in [6, 6.07) is 5.70. The van der Waals surface area contributed by atoms with E-state index in [1.807, 2.05) is 20.9 Å². The van der Waals surface area contributed by atoms with Crippen molar-refractivity contribution in [3.8, 4) is 5.75 Å². The second kappa shape index (κ2) is 5.95. The van der Waals surface area contributed by atoms with Crippen molar-refractivity contribution in [2.75, 3.05) is 5.32 Å². The number of carbonyl (C=O) groups is 1. The number of hydrogen-bond donors (Lipinski definition) is 1. The number of benzene rings is 1. The molecule has 2 rings (SSSR count). The van der Waals surface area contributed by atoms with Crippen LogP contribution in [0.3, 0.4) is 0 Å². The number of halogens is 1. The van der Waals surface area contributed by atoms with E-state index in [1.165, 1.54) is 18.2 Å². The Morgan fingerprint density at radius 1 is 1.43 bits per heavy atom. The highest BCUT2D eigenvalue weighted by atomic mass is 19.1. The first-order chi connectivity index (χ1) is 9.88. The zero-order valence-electron chi connectivity index (χ0n) is 12.5. The molecule has 1 aromatic heterocycles. The lowest BCUT2D eigenvalue weighted by atomic mass is 10.2. The van der Waals surface area contributed by atoms with Gasteiger partial charge in [0.05, 0.1) is 17.1 Å². The highest BCUT2D eigenvalue weighted by molar-refractivity contribution is 5.95. The van der Waals surface area contributed by atoms with Crippen LogP contribution in [-0.4, -0.2) is 21.8 Å². The molecular weight excluding hydrogens is 273 g/mol. The van der Waals surface area contributed by atoms with Crippen molar-refractivity contribution in [2.45, 2.75) is 26.9 Å². The first kappa shape index (κ1) is 15.0. The first-order valence-electron chi connectivity index (χ1n) is 6.61. The Labute approximate surface area is 122 Å². The van der Waals surface area contributed by atoms with Crippen molar-refractivity contribution in [3.63, 3.8) is 0 Å². The smallest absolute Gasteiger partial charge is 0.265 e. The first-order valence-corrected chi connectivity index (χ1v) is 6.61. The lowest BCUT2D eigenvalue weighted by Gasteiger charge is -2.15. The lowest BCUT2D eigenvalue weighted by Crippen LogP contribution is -2.30. The lowest BCUT2D eigenvalue weighted by molar-refractivity contribution is -0.122. The van der Waals surface area contributed by atoms with Gasteiger partial charge in [-0.05, 0) is 32.9 Å². The van der Waals surface area contributed by atoms with Crippen LogP contribution in [0.4, 0.5) is 10.1 Å². The zero-order valence-corrected chi connectivity index (χ0v) is 12.5. The fraction of sp³-hybridized carbons (Fsp3) is 0.333. The van der Waals surface area contributed by atoms with Crippen LogP contribution in [0.1, 0.15) is 18.3 Å². The Hall–Kier alpha value is -2.37. The molecule has 0 unspecified atom stereocenters. The van der Waals surface area contributed by atoms with E-state index >= 15 is 0 Å². The van der Waals surface area contributed by atoms with E-state index in [0.29, 0.717) is 11.4 Å². The second-order valence-electron chi connectivity index (χ2n) is 4.88. The van der Waals surface area contributed by atoms with Crippen molar-refractivity contribution in [2.24, 2.45) is 7.05 Å². The van der Waals surface area contributed by atoms with Crippen molar-refractivity contribution in [3.05, 3.63) is 41.5 Å². The van der Waals surface area contributed by atoms with Gasteiger partial charge in [0.1, 0.15) is 11.6 Å². The minimum atomic E-state index is -0.745. The van der Waals surface area contributed by atoms with Crippen LogP contribution in [0, 0.1) is 19.7 Å². The molecule has 0 saturated heterocycles. The fourth-order valence-electron chi connectivity index (χ4n) is 1.98. The van der Waals surface area contributed by atoms with Gasteiger partial charge in [0.15, 0.2) is 6.10 Å². The molecule has 0 aliphatic carbocycles. The molecule has 2 aromatic rings. The summed E-state index contributed by atoms with van der Waals surface area (Å²) in [4.78, 5) is 12.1. The van der Waals surface area contributed by atoms with Gasteiger partial charge in [-0.3, -0.25) is 9.48 Å². The minimum Gasteiger partial charge on any atom is -0.481 e. The molecule has 1 heterocycles. The molecule has 1 aromatic carbocycles. The minimum absolute atomic E-state index is 0.307. The molecule has 21 heavy (non-hydrogen) atoms. The molecule has 6 heteroatoms. The topological polar surface area (TPSA) is 56.2 Å². The summed E-state index contributed by atoms with van der Waals surface area (Å²) < 4.78 is 20.2. The number of nitrogens with one attached hydrogen (secondary N) is 1. The maximum absolute atomic E-state index is 13.1. The molecule has 0 radical (unpaired) electrons. The maximum atomic E-state index is 13.1. The number of ether oxygens (including phenoxy) is 1. The van der Waals surface area contributed by atoms with Crippen LogP contribution in [0.15, 0.2) is 24.3 Å². The Balaban J connectivity index is 2.06. The third-order valence-corrected chi connectivity index (χ3v) is 3.24. The van der Waals surface area contributed by atoms with E-state index < -0.39 is 11.9 Å². The monoisotopic (exact) mass is 291 g/mol. The SMILES string of the molecule is Cc1nn(C)c(C)c1NC(=O)[C@@H](C)Oc1cccc(F)c1. The number of hydrogen-bond acceptors (Lipinski definition) is 3. The third-order valence-electron chi connectivity index (χ3n) is 3.24. The second-order valence-corrected chi connectivity index (χ2v) is 4.88. The molecule has 0 fully saturated rings. The van der Waals surface area contributed by atoms with E-state index in [1.54, 1.807) is 17.7 Å². The van der Waals surface area contributed by atoms with Crippen molar-refractivity contribution >= 4 is 11.6 Å². The van der Waals surface area contributed by atoms with E-state index in [-0.39, 0.29) is 5.91 Å². The predicted octanol–water partition coefficient (Wildman–Crippen LogP) is 2.58. The predicted molar refractivity (Wildman–Crippen MR) is 77.8 cm³/mol. The normalized spacial score (nSPS) is 12.0. The van der Waals surface area contributed by atoms with Gasteiger partial charge in [0.2, 0.25) is 0 Å². The Bertz CT molecular complexity index is 667. The highest BCUT2D eigenvalue weighted by Gasteiger charge is 2.19. The summed E-state index contributed by atoms with van der Waals surface area (Å²) >= 11 is 0. The van der Waals surface area contributed by atoms with Gasteiger partial charge in [-0.2, -0.15) is 5.10 Å². The number of aromatic nitrogens is 2. The number of nitrogens with zero attached hydrogens (tertiary/aromatic N) is 2. The van der Waals surface area contributed by atoms with Gasteiger partial charge >= 0.3 is 0 Å². The van der Waals surface area contributed by atoms with Crippen molar-refractivity contribution in [1.82, 2.24) is 9.78 Å². The summed E-state index contributed by atoms with van der Waals surface area (Å²) in [6.07, 6.45) is -0.745. The molecule has 0 aliphatic heterocycles. The molecule has 0 spiro atoms. The van der Waals surface area contributed by atoms with Crippen molar-refractivity contribution in [1.29, 1.82) is 0 Å². The molecular formula is C15H18FN3O2. The summed E-state index contributed by atoms with van der Waals surface area (Å²) in [6.45, 7) is 5.30. The van der Waals surface area contributed by atoms with Gasteiger partial charge < -0.3 is 10.1 Å². The molecule has 112 valence electrons. The number of amides is 1. The maximum Gasteiger partial charge on any atom is 0.265 e. The number of carbonyl (C=O) groups excluding carboxylic acids is 1.